The molecule has 4 heterocycles. The number of rotatable bonds is 7. The SMILES string of the molecule is CC1(NC(=O)c2nc3ccc(Oc4ncccc4OCC(F)(F)F)cn3c2CO)CCS(=O)(=O)CC1. The van der Waals surface area contributed by atoms with Crippen molar-refractivity contribution in [1.82, 2.24) is 19.7 Å². The van der Waals surface area contributed by atoms with Crippen molar-refractivity contribution in [3.8, 4) is 17.4 Å². The summed E-state index contributed by atoms with van der Waals surface area (Å²) in [5.41, 5.74) is -0.335. The van der Waals surface area contributed by atoms with Gasteiger partial charge in [-0.15, -0.1) is 0 Å². The number of aliphatic hydroxyl groups excluding tert-OH is 1. The number of alkyl halides is 3. The van der Waals surface area contributed by atoms with E-state index in [-0.39, 0.29) is 53.1 Å². The molecule has 3 aromatic rings. The third-order valence-electron chi connectivity index (χ3n) is 5.74. The lowest BCUT2D eigenvalue weighted by molar-refractivity contribution is -0.153. The smallest absolute Gasteiger partial charge is 0.422 e. The first-order valence-electron chi connectivity index (χ1n) is 10.9. The Morgan fingerprint density at radius 2 is 1.97 bits per heavy atom. The van der Waals surface area contributed by atoms with Crippen molar-refractivity contribution in [3.05, 3.63) is 48.0 Å². The molecule has 0 atom stereocenters. The Bertz CT molecular complexity index is 1380. The van der Waals surface area contributed by atoms with Gasteiger partial charge in [-0.3, -0.25) is 9.20 Å². The minimum absolute atomic E-state index is 0.0370. The summed E-state index contributed by atoms with van der Waals surface area (Å²) >= 11 is 0. The molecule has 0 spiro atoms. The number of halogens is 3. The Hall–Kier alpha value is -3.39. The van der Waals surface area contributed by atoms with E-state index in [0.29, 0.717) is 5.65 Å². The molecule has 14 heteroatoms. The minimum atomic E-state index is -4.54. The van der Waals surface area contributed by atoms with Crippen molar-refractivity contribution >= 4 is 21.4 Å². The Morgan fingerprint density at radius 3 is 2.64 bits per heavy atom. The molecule has 1 aliphatic rings. The molecule has 0 bridgehead atoms. The van der Waals surface area contributed by atoms with E-state index in [9.17, 15) is 31.5 Å². The first kappa shape index (κ1) is 25.7. The largest absolute Gasteiger partial charge is 0.478 e. The topological polar surface area (TPSA) is 132 Å². The molecule has 0 aliphatic carbocycles. The first-order valence-corrected chi connectivity index (χ1v) is 12.7. The fourth-order valence-electron chi connectivity index (χ4n) is 3.75. The van der Waals surface area contributed by atoms with Gasteiger partial charge >= 0.3 is 6.18 Å². The van der Waals surface area contributed by atoms with Gasteiger partial charge in [-0.2, -0.15) is 13.2 Å². The zero-order valence-electron chi connectivity index (χ0n) is 19.1. The number of carbonyl (C=O) groups is 1. The van der Waals surface area contributed by atoms with Crippen LogP contribution in [0.25, 0.3) is 5.65 Å². The molecular weight excluding hydrogens is 505 g/mol. The van der Waals surface area contributed by atoms with E-state index in [1.165, 1.54) is 41.1 Å². The summed E-state index contributed by atoms with van der Waals surface area (Å²) in [5.74, 6) is -0.924. The molecule has 36 heavy (non-hydrogen) atoms. The Balaban J connectivity index is 1.57. The van der Waals surface area contributed by atoms with Crippen molar-refractivity contribution in [2.24, 2.45) is 0 Å². The van der Waals surface area contributed by atoms with E-state index in [4.69, 9.17) is 9.47 Å². The lowest BCUT2D eigenvalue weighted by Gasteiger charge is -2.34. The first-order chi connectivity index (χ1) is 16.9. The van der Waals surface area contributed by atoms with Crippen LogP contribution in [0.4, 0.5) is 13.2 Å². The van der Waals surface area contributed by atoms with E-state index in [1.54, 1.807) is 6.92 Å². The van der Waals surface area contributed by atoms with Gasteiger partial charge in [0.1, 0.15) is 21.2 Å². The second-order valence-corrected chi connectivity index (χ2v) is 10.9. The third-order valence-corrected chi connectivity index (χ3v) is 7.39. The Morgan fingerprint density at radius 1 is 1.25 bits per heavy atom. The number of sulfone groups is 1. The van der Waals surface area contributed by atoms with Crippen molar-refractivity contribution in [3.63, 3.8) is 0 Å². The third kappa shape index (κ3) is 5.87. The molecule has 1 amide bonds. The van der Waals surface area contributed by atoms with Crippen LogP contribution in [0.15, 0.2) is 36.7 Å². The summed E-state index contributed by atoms with van der Waals surface area (Å²) in [4.78, 5) is 21.2. The van der Waals surface area contributed by atoms with Crippen LogP contribution < -0.4 is 14.8 Å². The minimum Gasteiger partial charge on any atom is -0.478 e. The highest BCUT2D eigenvalue weighted by molar-refractivity contribution is 7.91. The van der Waals surface area contributed by atoms with Gasteiger partial charge in [-0.1, -0.05) is 0 Å². The van der Waals surface area contributed by atoms with E-state index in [2.05, 4.69) is 15.3 Å². The molecule has 2 N–H and O–H groups in total. The number of imidazole rings is 1. The lowest BCUT2D eigenvalue weighted by Crippen LogP contribution is -2.51. The Labute approximate surface area is 204 Å². The van der Waals surface area contributed by atoms with Gasteiger partial charge in [-0.25, -0.2) is 18.4 Å². The van der Waals surface area contributed by atoms with Crippen LogP contribution in [0.3, 0.4) is 0 Å². The van der Waals surface area contributed by atoms with Gasteiger partial charge in [0.2, 0.25) is 0 Å². The van der Waals surface area contributed by atoms with Crippen LogP contribution in [0, 0.1) is 0 Å². The number of amides is 1. The van der Waals surface area contributed by atoms with E-state index < -0.39 is 40.7 Å². The van der Waals surface area contributed by atoms with Crippen LogP contribution >= 0.6 is 0 Å². The lowest BCUT2D eigenvalue weighted by atomic mass is 9.94. The fraction of sp³-hybridized carbons (Fsp3) is 0.409. The molecule has 0 unspecified atom stereocenters. The van der Waals surface area contributed by atoms with E-state index >= 15 is 0 Å². The highest BCUT2D eigenvalue weighted by Gasteiger charge is 2.36. The molecule has 0 saturated carbocycles. The summed E-state index contributed by atoms with van der Waals surface area (Å²) in [6.45, 7) is -0.319. The van der Waals surface area contributed by atoms with Crippen LogP contribution in [-0.4, -0.2) is 63.6 Å². The summed E-state index contributed by atoms with van der Waals surface area (Å²) in [5, 5.41) is 12.8. The number of fused-ring (bicyclic) bond motifs is 1. The predicted octanol–water partition coefficient (Wildman–Crippen LogP) is 2.65. The summed E-state index contributed by atoms with van der Waals surface area (Å²) in [6, 6.07) is 5.65. The molecule has 1 saturated heterocycles. The van der Waals surface area contributed by atoms with Gasteiger partial charge in [0.15, 0.2) is 18.1 Å². The number of ether oxygens (including phenoxy) is 2. The van der Waals surface area contributed by atoms with Gasteiger partial charge in [0.05, 0.1) is 30.0 Å². The second-order valence-electron chi connectivity index (χ2n) is 8.64. The number of nitrogens with one attached hydrogen (secondary N) is 1. The Kier molecular flexibility index (Phi) is 6.84. The maximum Gasteiger partial charge on any atom is 0.422 e. The summed E-state index contributed by atoms with van der Waals surface area (Å²) in [7, 11) is -3.13. The molecule has 3 aromatic heterocycles. The van der Waals surface area contributed by atoms with Crippen molar-refractivity contribution < 1.29 is 41.0 Å². The standard InChI is InChI=1S/C22H23F3N4O6S/c1-21(6-9-36(32,33)10-7-21)28-19(31)18-15(12-30)29-11-14(4-5-17(29)27-18)35-20-16(3-2-8-26-20)34-13-22(23,24)25/h2-5,8,11,30H,6-7,9-10,12-13H2,1H3,(H,28,31). The van der Waals surface area contributed by atoms with Gasteiger partial charge < -0.3 is 19.9 Å². The molecule has 194 valence electrons. The number of aromatic nitrogens is 3. The molecular formula is C22H23F3N4O6S. The van der Waals surface area contributed by atoms with E-state index in [0.717, 1.165) is 0 Å². The van der Waals surface area contributed by atoms with Crippen LogP contribution in [0.5, 0.6) is 17.4 Å². The van der Waals surface area contributed by atoms with E-state index in [1.807, 2.05) is 0 Å². The molecule has 0 aromatic carbocycles. The van der Waals surface area contributed by atoms with Crippen molar-refractivity contribution in [2.75, 3.05) is 18.1 Å². The molecule has 1 aliphatic heterocycles. The molecule has 10 nitrogen and oxygen atoms in total. The van der Waals surface area contributed by atoms with Crippen molar-refractivity contribution in [1.29, 1.82) is 0 Å². The van der Waals surface area contributed by atoms with Gasteiger partial charge in [0.25, 0.3) is 11.8 Å². The number of hydrogen-bond donors (Lipinski definition) is 2. The monoisotopic (exact) mass is 528 g/mol. The van der Waals surface area contributed by atoms with Gasteiger partial charge in [-0.05, 0) is 44.0 Å². The maximum absolute atomic E-state index is 13.0. The summed E-state index contributed by atoms with van der Waals surface area (Å²) in [6.07, 6.45) is -1.31. The van der Waals surface area contributed by atoms with Crippen LogP contribution in [0.1, 0.15) is 35.9 Å². The zero-order valence-corrected chi connectivity index (χ0v) is 19.9. The molecule has 1 fully saturated rings. The average Bonchev–Trinajstić information content (AvgIpc) is 3.18. The number of carbonyl (C=O) groups excluding carboxylic acids is 1. The van der Waals surface area contributed by atoms with Crippen LogP contribution in [-0.2, 0) is 16.4 Å². The highest BCUT2D eigenvalue weighted by atomic mass is 32.2. The zero-order chi connectivity index (χ0) is 26.1. The molecule has 4 rings (SSSR count). The fourth-order valence-corrected chi connectivity index (χ4v) is 5.47. The maximum atomic E-state index is 13.0. The van der Waals surface area contributed by atoms with Crippen LogP contribution in [0.2, 0.25) is 0 Å². The number of aliphatic hydroxyl groups is 1. The second kappa shape index (κ2) is 9.58. The van der Waals surface area contributed by atoms with Crippen molar-refractivity contribution in [2.45, 2.75) is 38.1 Å². The highest BCUT2D eigenvalue weighted by Crippen LogP contribution is 2.31. The number of hydrogen-bond acceptors (Lipinski definition) is 8. The average molecular weight is 529 g/mol. The quantitative estimate of drug-likeness (QED) is 0.479. The molecule has 0 radical (unpaired) electrons. The van der Waals surface area contributed by atoms with Gasteiger partial charge in [0, 0.05) is 11.7 Å². The normalized spacial score (nSPS) is 17.0. The number of nitrogens with zero attached hydrogens (tertiary/aromatic N) is 3. The summed E-state index contributed by atoms with van der Waals surface area (Å²) < 4.78 is 72.9. The predicted molar refractivity (Wildman–Crippen MR) is 121 cm³/mol. The number of pyridine rings is 2.